The third kappa shape index (κ3) is 2.09. The highest BCUT2D eigenvalue weighted by atomic mass is 79.9. The summed E-state index contributed by atoms with van der Waals surface area (Å²) in [6.07, 6.45) is 1.73. The van der Waals surface area contributed by atoms with Crippen LogP contribution in [0.3, 0.4) is 0 Å². The van der Waals surface area contributed by atoms with Gasteiger partial charge in [0.15, 0.2) is 0 Å². The number of hydrogen-bond donors (Lipinski definition) is 1. The molecule has 4 heteroatoms. The standard InChI is InChI=1S/C14H9BrN2S/c15-12-8-16-13(17-14(12)18)11-6-5-9-3-1-2-4-10(9)7-11/h1-8H,(H,16,17,18). The first kappa shape index (κ1) is 11.6. The largest absolute Gasteiger partial charge is 0.330 e. The number of rotatable bonds is 1. The molecule has 0 saturated heterocycles. The Bertz CT molecular complexity index is 780. The topological polar surface area (TPSA) is 28.7 Å². The highest BCUT2D eigenvalue weighted by Crippen LogP contribution is 2.22. The van der Waals surface area contributed by atoms with Crippen LogP contribution in [0.1, 0.15) is 0 Å². The van der Waals surface area contributed by atoms with E-state index in [0.717, 1.165) is 15.9 Å². The molecule has 1 aromatic heterocycles. The van der Waals surface area contributed by atoms with Crippen molar-refractivity contribution in [3.63, 3.8) is 0 Å². The Balaban J connectivity index is 2.19. The van der Waals surface area contributed by atoms with Gasteiger partial charge in [-0.25, -0.2) is 4.98 Å². The third-order valence-corrected chi connectivity index (χ3v) is 3.96. The van der Waals surface area contributed by atoms with Crippen LogP contribution in [0.4, 0.5) is 0 Å². The molecule has 0 radical (unpaired) electrons. The maximum atomic E-state index is 5.19. The van der Waals surface area contributed by atoms with E-state index in [9.17, 15) is 0 Å². The molecule has 0 fully saturated rings. The van der Waals surface area contributed by atoms with Crippen molar-refractivity contribution in [2.75, 3.05) is 0 Å². The van der Waals surface area contributed by atoms with E-state index in [-0.39, 0.29) is 0 Å². The fourth-order valence-electron chi connectivity index (χ4n) is 1.86. The molecule has 3 rings (SSSR count). The van der Waals surface area contributed by atoms with Crippen molar-refractivity contribution in [2.45, 2.75) is 0 Å². The molecule has 88 valence electrons. The van der Waals surface area contributed by atoms with Gasteiger partial charge in [0.1, 0.15) is 10.5 Å². The summed E-state index contributed by atoms with van der Waals surface area (Å²) < 4.78 is 1.47. The molecule has 2 nitrogen and oxygen atoms in total. The average Bonchev–Trinajstić information content (AvgIpc) is 2.41. The lowest BCUT2D eigenvalue weighted by molar-refractivity contribution is 1.14. The molecular weight excluding hydrogens is 308 g/mol. The second-order valence-electron chi connectivity index (χ2n) is 3.97. The van der Waals surface area contributed by atoms with Gasteiger partial charge >= 0.3 is 0 Å². The number of fused-ring (bicyclic) bond motifs is 1. The molecule has 1 N–H and O–H groups in total. The van der Waals surface area contributed by atoms with Gasteiger partial charge in [-0.15, -0.1) is 0 Å². The molecule has 0 saturated carbocycles. The summed E-state index contributed by atoms with van der Waals surface area (Å²) in [4.78, 5) is 7.46. The lowest BCUT2D eigenvalue weighted by atomic mass is 10.1. The number of hydrogen-bond acceptors (Lipinski definition) is 2. The fourth-order valence-corrected chi connectivity index (χ4v) is 2.21. The molecule has 1 heterocycles. The van der Waals surface area contributed by atoms with Crippen LogP contribution in [0.25, 0.3) is 22.2 Å². The van der Waals surface area contributed by atoms with Gasteiger partial charge in [-0.1, -0.05) is 48.6 Å². The van der Waals surface area contributed by atoms with Gasteiger partial charge in [0.05, 0.1) is 4.47 Å². The Labute approximate surface area is 118 Å². The Kier molecular flexibility index (Phi) is 2.97. The van der Waals surface area contributed by atoms with Gasteiger partial charge in [-0.2, -0.15) is 0 Å². The van der Waals surface area contributed by atoms with Gasteiger partial charge in [0.2, 0.25) is 0 Å². The molecule has 0 amide bonds. The number of nitrogens with zero attached hydrogens (tertiary/aromatic N) is 1. The highest BCUT2D eigenvalue weighted by Gasteiger charge is 2.02. The third-order valence-electron chi connectivity index (χ3n) is 2.78. The van der Waals surface area contributed by atoms with E-state index in [1.54, 1.807) is 6.20 Å². The predicted octanol–water partition coefficient (Wildman–Crippen LogP) is 4.72. The first-order valence-corrected chi connectivity index (χ1v) is 6.68. The Morgan fingerprint density at radius 2 is 1.83 bits per heavy atom. The molecule has 0 aliphatic carbocycles. The summed E-state index contributed by atoms with van der Waals surface area (Å²) >= 11 is 8.54. The second kappa shape index (κ2) is 4.63. The van der Waals surface area contributed by atoms with E-state index in [0.29, 0.717) is 4.64 Å². The molecule has 0 aliphatic rings. The molecule has 0 unspecified atom stereocenters. The summed E-state index contributed by atoms with van der Waals surface area (Å²) in [5.41, 5.74) is 1.03. The van der Waals surface area contributed by atoms with Crippen LogP contribution in [-0.4, -0.2) is 9.97 Å². The van der Waals surface area contributed by atoms with Crippen molar-refractivity contribution in [3.05, 3.63) is 57.8 Å². The van der Waals surface area contributed by atoms with Crippen LogP contribution in [-0.2, 0) is 0 Å². The molecule has 0 bridgehead atoms. The summed E-state index contributed by atoms with van der Waals surface area (Å²) in [7, 11) is 0. The predicted molar refractivity (Wildman–Crippen MR) is 80.1 cm³/mol. The number of nitrogens with one attached hydrogen (secondary N) is 1. The van der Waals surface area contributed by atoms with Crippen LogP contribution in [0.15, 0.2) is 53.1 Å². The van der Waals surface area contributed by atoms with Crippen molar-refractivity contribution in [1.29, 1.82) is 0 Å². The number of halogens is 1. The average molecular weight is 317 g/mol. The van der Waals surface area contributed by atoms with Crippen LogP contribution < -0.4 is 0 Å². The second-order valence-corrected chi connectivity index (χ2v) is 5.23. The molecule has 18 heavy (non-hydrogen) atoms. The zero-order chi connectivity index (χ0) is 12.5. The van der Waals surface area contributed by atoms with Gasteiger partial charge < -0.3 is 4.98 Å². The summed E-state index contributed by atoms with van der Waals surface area (Å²) in [5, 5.41) is 2.41. The van der Waals surface area contributed by atoms with Crippen LogP contribution in [0, 0.1) is 4.64 Å². The molecular formula is C14H9BrN2S. The monoisotopic (exact) mass is 316 g/mol. The molecule has 0 atom stereocenters. The zero-order valence-corrected chi connectivity index (χ0v) is 11.8. The number of benzene rings is 2. The van der Waals surface area contributed by atoms with E-state index < -0.39 is 0 Å². The first-order valence-electron chi connectivity index (χ1n) is 5.48. The Hall–Kier alpha value is -1.52. The van der Waals surface area contributed by atoms with Crippen LogP contribution in [0.5, 0.6) is 0 Å². The maximum Gasteiger partial charge on any atom is 0.138 e. The van der Waals surface area contributed by atoms with E-state index in [2.05, 4.69) is 50.2 Å². The zero-order valence-electron chi connectivity index (χ0n) is 9.35. The van der Waals surface area contributed by atoms with E-state index in [1.807, 2.05) is 18.2 Å². The molecule has 0 aliphatic heterocycles. The summed E-state index contributed by atoms with van der Waals surface area (Å²) in [5.74, 6) is 0.786. The maximum absolute atomic E-state index is 5.19. The van der Waals surface area contributed by atoms with Crippen LogP contribution in [0.2, 0.25) is 0 Å². The Morgan fingerprint density at radius 3 is 2.61 bits per heavy atom. The van der Waals surface area contributed by atoms with Gasteiger partial charge in [-0.3, -0.25) is 0 Å². The fraction of sp³-hybridized carbons (Fsp3) is 0. The summed E-state index contributed by atoms with van der Waals surface area (Å²) in [6.45, 7) is 0. The van der Waals surface area contributed by atoms with Crippen LogP contribution >= 0.6 is 28.1 Å². The van der Waals surface area contributed by atoms with E-state index >= 15 is 0 Å². The van der Waals surface area contributed by atoms with Crippen molar-refractivity contribution in [2.24, 2.45) is 0 Å². The van der Waals surface area contributed by atoms with Gasteiger partial charge in [0, 0.05) is 11.8 Å². The van der Waals surface area contributed by atoms with Crippen molar-refractivity contribution >= 4 is 38.9 Å². The van der Waals surface area contributed by atoms with E-state index in [1.165, 1.54) is 10.8 Å². The minimum absolute atomic E-state index is 0.660. The molecule has 0 spiro atoms. The van der Waals surface area contributed by atoms with Crippen molar-refractivity contribution in [3.8, 4) is 11.4 Å². The lowest BCUT2D eigenvalue weighted by Crippen LogP contribution is -1.89. The lowest BCUT2D eigenvalue weighted by Gasteiger charge is -2.04. The molecule has 3 aromatic rings. The summed E-state index contributed by atoms with van der Waals surface area (Å²) in [6, 6.07) is 14.5. The minimum atomic E-state index is 0.660. The Morgan fingerprint density at radius 1 is 1.06 bits per heavy atom. The van der Waals surface area contributed by atoms with Gasteiger partial charge in [-0.05, 0) is 32.8 Å². The number of aromatic amines is 1. The van der Waals surface area contributed by atoms with E-state index in [4.69, 9.17) is 12.2 Å². The SMILES string of the molecule is S=c1[nH]c(-c2ccc3ccccc3c2)ncc1Br. The van der Waals surface area contributed by atoms with Crippen molar-refractivity contribution < 1.29 is 0 Å². The number of H-pyrrole nitrogens is 1. The highest BCUT2D eigenvalue weighted by molar-refractivity contribution is 9.10. The minimum Gasteiger partial charge on any atom is -0.330 e. The normalized spacial score (nSPS) is 10.7. The quantitative estimate of drug-likeness (QED) is 0.658. The first-order chi connectivity index (χ1) is 8.74. The number of aromatic nitrogens is 2. The molecule has 2 aromatic carbocycles. The van der Waals surface area contributed by atoms with Gasteiger partial charge in [0.25, 0.3) is 0 Å². The smallest absolute Gasteiger partial charge is 0.138 e. The van der Waals surface area contributed by atoms with Crippen molar-refractivity contribution in [1.82, 2.24) is 9.97 Å².